The van der Waals surface area contributed by atoms with E-state index in [0.29, 0.717) is 24.4 Å². The summed E-state index contributed by atoms with van der Waals surface area (Å²) in [5.74, 6) is -1.90. The molecule has 3 aromatic heterocycles. The third kappa shape index (κ3) is 4.93. The van der Waals surface area contributed by atoms with Gasteiger partial charge in [-0.15, -0.1) is 0 Å². The number of aromatic nitrogens is 3. The maximum absolute atomic E-state index is 13.1. The maximum atomic E-state index is 13.1. The van der Waals surface area contributed by atoms with Crippen LogP contribution in [0.2, 0.25) is 0 Å². The number of fused-ring (bicyclic) bond motifs is 1. The number of imidazole rings is 1. The van der Waals surface area contributed by atoms with E-state index in [0.717, 1.165) is 17.7 Å². The maximum Gasteiger partial charge on any atom is 0.417 e. The molecule has 0 aromatic carbocycles. The normalized spacial score (nSPS) is 12.7. The fourth-order valence-corrected chi connectivity index (χ4v) is 4.13. The lowest BCUT2D eigenvalue weighted by Crippen LogP contribution is -2.16. The van der Waals surface area contributed by atoms with Crippen LogP contribution < -0.4 is 5.32 Å². The number of halogens is 6. The molecular formula is C19H16F6N4O4S. The first-order chi connectivity index (χ1) is 15.7. The van der Waals surface area contributed by atoms with Crippen molar-refractivity contribution in [2.45, 2.75) is 30.8 Å². The molecule has 0 spiro atoms. The molecule has 0 atom stereocenters. The van der Waals surface area contributed by atoms with Crippen molar-refractivity contribution in [2.75, 3.05) is 18.2 Å². The van der Waals surface area contributed by atoms with Crippen LogP contribution in [-0.4, -0.2) is 41.6 Å². The van der Waals surface area contributed by atoms with E-state index in [4.69, 9.17) is 0 Å². The molecule has 0 fully saturated rings. The number of esters is 1. The van der Waals surface area contributed by atoms with Crippen LogP contribution in [0.3, 0.4) is 0 Å². The summed E-state index contributed by atoms with van der Waals surface area (Å²) in [6.07, 6.45) is -8.12. The van der Waals surface area contributed by atoms with Crippen LogP contribution in [0.25, 0.3) is 5.65 Å². The van der Waals surface area contributed by atoms with Crippen LogP contribution in [0.4, 0.5) is 32.2 Å². The van der Waals surface area contributed by atoms with Gasteiger partial charge in [-0.05, 0) is 18.2 Å². The van der Waals surface area contributed by atoms with Crippen molar-refractivity contribution >= 4 is 27.3 Å². The Hall–Kier alpha value is -3.36. The minimum absolute atomic E-state index is 0.229. The van der Waals surface area contributed by atoms with E-state index in [9.17, 15) is 39.6 Å². The summed E-state index contributed by atoms with van der Waals surface area (Å²) < 4.78 is 109. The Bertz CT molecular complexity index is 1350. The molecule has 0 bridgehead atoms. The summed E-state index contributed by atoms with van der Waals surface area (Å²) >= 11 is 0. The summed E-state index contributed by atoms with van der Waals surface area (Å²) in [5.41, 5.74) is -3.37. The molecule has 0 aliphatic heterocycles. The lowest BCUT2D eigenvalue weighted by atomic mass is 10.1. The second kappa shape index (κ2) is 8.77. The first kappa shape index (κ1) is 25.3. The van der Waals surface area contributed by atoms with Crippen molar-refractivity contribution in [3.8, 4) is 0 Å². The average Bonchev–Trinajstić information content (AvgIpc) is 3.14. The summed E-state index contributed by atoms with van der Waals surface area (Å²) in [6.45, 7) is 0.834. The summed E-state index contributed by atoms with van der Waals surface area (Å²) in [6, 6.07) is 1.86. The van der Waals surface area contributed by atoms with E-state index in [2.05, 4.69) is 20.0 Å². The fourth-order valence-electron chi connectivity index (χ4n) is 2.99. The monoisotopic (exact) mass is 510 g/mol. The summed E-state index contributed by atoms with van der Waals surface area (Å²) in [7, 11) is -3.08. The molecule has 8 nitrogen and oxygen atoms in total. The number of rotatable bonds is 6. The van der Waals surface area contributed by atoms with Gasteiger partial charge in [0.2, 0.25) is 0 Å². The highest BCUT2D eigenvalue weighted by molar-refractivity contribution is 7.91. The first-order valence-electron chi connectivity index (χ1n) is 9.39. The van der Waals surface area contributed by atoms with Crippen LogP contribution >= 0.6 is 0 Å². The molecule has 1 N–H and O–H groups in total. The van der Waals surface area contributed by atoms with Gasteiger partial charge in [-0.1, -0.05) is 6.92 Å². The third-order valence-corrected chi connectivity index (χ3v) is 6.45. The molecule has 3 rings (SSSR count). The second-order valence-electron chi connectivity index (χ2n) is 6.87. The zero-order valence-corrected chi connectivity index (χ0v) is 18.3. The number of nitrogens with one attached hydrogen (secondary N) is 1. The lowest BCUT2D eigenvalue weighted by Gasteiger charge is -2.12. The molecule has 184 valence electrons. The second-order valence-corrected chi connectivity index (χ2v) is 9.07. The van der Waals surface area contributed by atoms with Crippen LogP contribution in [0.1, 0.15) is 34.1 Å². The van der Waals surface area contributed by atoms with Crippen molar-refractivity contribution in [3.63, 3.8) is 0 Å². The van der Waals surface area contributed by atoms with Gasteiger partial charge in [0, 0.05) is 12.4 Å². The highest BCUT2D eigenvalue weighted by Crippen LogP contribution is 2.33. The molecule has 34 heavy (non-hydrogen) atoms. The summed E-state index contributed by atoms with van der Waals surface area (Å²) in [4.78, 5) is 19.5. The van der Waals surface area contributed by atoms with Gasteiger partial charge in [-0.2, -0.15) is 26.3 Å². The number of hydrogen-bond acceptors (Lipinski definition) is 7. The van der Waals surface area contributed by atoms with Gasteiger partial charge in [0.25, 0.3) is 0 Å². The van der Waals surface area contributed by atoms with E-state index in [1.54, 1.807) is 0 Å². The van der Waals surface area contributed by atoms with E-state index in [-0.39, 0.29) is 17.2 Å². The van der Waals surface area contributed by atoms with E-state index in [1.807, 2.05) is 0 Å². The van der Waals surface area contributed by atoms with E-state index >= 15 is 0 Å². The number of pyridine rings is 2. The number of carbonyl (C=O) groups is 1. The zero-order chi connectivity index (χ0) is 25.5. The highest BCUT2D eigenvalue weighted by atomic mass is 32.2. The Morgan fingerprint density at radius 2 is 1.76 bits per heavy atom. The van der Waals surface area contributed by atoms with Gasteiger partial charge in [0.15, 0.2) is 20.7 Å². The molecule has 0 amide bonds. The fraction of sp³-hybridized carbons (Fsp3) is 0.316. The van der Waals surface area contributed by atoms with Gasteiger partial charge < -0.3 is 10.1 Å². The molecule has 3 heterocycles. The average molecular weight is 510 g/mol. The number of carbonyl (C=O) groups excluding carboxylic acids is 1. The van der Waals surface area contributed by atoms with Crippen molar-refractivity contribution in [3.05, 3.63) is 53.0 Å². The van der Waals surface area contributed by atoms with Gasteiger partial charge in [-0.25, -0.2) is 18.2 Å². The molecule has 0 radical (unpaired) electrons. The molecule has 0 saturated carbocycles. The van der Waals surface area contributed by atoms with Gasteiger partial charge in [0.05, 0.1) is 41.8 Å². The Balaban J connectivity index is 2.08. The smallest absolute Gasteiger partial charge is 0.417 e. The highest BCUT2D eigenvalue weighted by Gasteiger charge is 2.34. The van der Waals surface area contributed by atoms with Crippen molar-refractivity contribution in [1.29, 1.82) is 0 Å². The standard InChI is InChI=1S/C19H16F6N4O4S/c1-3-34(31,32)16-15(28-14-7-10(18(20,21)22)4-5-29(14)16)27-9-13-12(17(30)33-2)6-11(8-26-13)19(23,24)25/h4-8,27H,3,9H2,1-2H3. The predicted octanol–water partition coefficient (Wildman–Crippen LogP) is 3.96. The molecule has 0 saturated heterocycles. The van der Waals surface area contributed by atoms with Crippen LogP contribution in [0.15, 0.2) is 35.6 Å². The van der Waals surface area contributed by atoms with E-state index in [1.165, 1.54) is 6.92 Å². The summed E-state index contributed by atoms with van der Waals surface area (Å²) in [5, 5.41) is 2.10. The Kier molecular flexibility index (Phi) is 6.52. The molecule has 15 heteroatoms. The van der Waals surface area contributed by atoms with Gasteiger partial charge >= 0.3 is 18.3 Å². The number of sulfone groups is 1. The molecule has 0 aliphatic carbocycles. The van der Waals surface area contributed by atoms with Crippen molar-refractivity contribution in [2.24, 2.45) is 0 Å². The Labute approximate surface area is 188 Å². The van der Waals surface area contributed by atoms with Crippen molar-refractivity contribution in [1.82, 2.24) is 14.4 Å². The molecular weight excluding hydrogens is 494 g/mol. The quantitative estimate of drug-likeness (QED) is 0.396. The number of anilines is 1. The van der Waals surface area contributed by atoms with Gasteiger partial charge in [-0.3, -0.25) is 9.38 Å². The number of methoxy groups -OCH3 is 1. The number of alkyl halides is 6. The molecule has 0 unspecified atom stereocenters. The van der Waals surface area contributed by atoms with Crippen LogP contribution in [0, 0.1) is 0 Å². The first-order valence-corrected chi connectivity index (χ1v) is 11.0. The van der Waals surface area contributed by atoms with Crippen molar-refractivity contribution < 1.29 is 44.3 Å². The lowest BCUT2D eigenvalue weighted by molar-refractivity contribution is -0.138. The number of nitrogens with zero attached hydrogens (tertiary/aromatic N) is 3. The van der Waals surface area contributed by atoms with Gasteiger partial charge in [0.1, 0.15) is 5.65 Å². The number of hydrogen-bond donors (Lipinski definition) is 1. The van der Waals surface area contributed by atoms with Crippen LogP contribution in [0.5, 0.6) is 0 Å². The number of ether oxygens (including phenoxy) is 1. The van der Waals surface area contributed by atoms with E-state index < -0.39 is 62.2 Å². The van der Waals surface area contributed by atoms with Crippen LogP contribution in [-0.2, 0) is 33.5 Å². The zero-order valence-electron chi connectivity index (χ0n) is 17.5. The SMILES string of the molecule is CCS(=O)(=O)c1c(NCc2ncc(C(F)(F)F)cc2C(=O)OC)nc2cc(C(F)(F)F)ccn12. The predicted molar refractivity (Wildman–Crippen MR) is 106 cm³/mol. The minimum atomic E-state index is -4.79. The third-order valence-electron chi connectivity index (χ3n) is 4.71. The molecule has 3 aromatic rings. The Morgan fingerprint density at radius 1 is 1.12 bits per heavy atom. The largest absolute Gasteiger partial charge is 0.465 e. The molecule has 0 aliphatic rings. The minimum Gasteiger partial charge on any atom is -0.465 e. The Morgan fingerprint density at radius 3 is 2.32 bits per heavy atom. The topological polar surface area (TPSA) is 103 Å².